The van der Waals surface area contributed by atoms with Gasteiger partial charge in [-0.1, -0.05) is 0 Å². The minimum Gasteiger partial charge on any atom is -0.481 e. The van der Waals surface area contributed by atoms with Gasteiger partial charge in [0.1, 0.15) is 0 Å². The third-order valence-corrected chi connectivity index (χ3v) is 0. The molecule has 0 saturated heterocycles. The molecule has 0 aliphatic rings. The van der Waals surface area contributed by atoms with Crippen LogP contribution < -0.4 is 0 Å². The van der Waals surface area contributed by atoms with E-state index in [0.717, 1.165) is 6.92 Å². The molecule has 0 atom stereocenters. The van der Waals surface area contributed by atoms with Crippen LogP contribution in [0.4, 0.5) is 0 Å². The van der Waals surface area contributed by atoms with Gasteiger partial charge in [-0.05, 0) is 0 Å². The van der Waals surface area contributed by atoms with Crippen molar-refractivity contribution < 1.29 is 16.1 Å². The zero-order chi connectivity index (χ0) is 3.58. The summed E-state index contributed by atoms with van der Waals surface area (Å²) in [5.41, 5.74) is 0. The standard InChI is InChI=1S/C2H4O2.He/c1-2(3)4;/h1H3,(H,3,4);. The van der Waals surface area contributed by atoms with E-state index in [2.05, 4.69) is 0 Å². The second-order valence-corrected chi connectivity index (χ2v) is 0.519. The summed E-state index contributed by atoms with van der Waals surface area (Å²) in [6, 6.07) is 0. The van der Waals surface area contributed by atoms with E-state index < -0.39 is 5.97 Å². The van der Waals surface area contributed by atoms with Crippen LogP contribution in [0.1, 0.15) is 6.92 Å². The van der Waals surface area contributed by atoms with Gasteiger partial charge < -0.3 is 5.11 Å². The summed E-state index contributed by atoms with van der Waals surface area (Å²) >= 11 is 0. The smallest absolute Gasteiger partial charge is 0.300 e. The Morgan fingerprint density at radius 2 is 1.80 bits per heavy atom. The Balaban J connectivity index is 0. The number of carboxylic acid groups (broad SMARTS) is 1. The van der Waals surface area contributed by atoms with Gasteiger partial charge in [-0.15, -0.1) is 0 Å². The van der Waals surface area contributed by atoms with Gasteiger partial charge in [-0.25, -0.2) is 0 Å². The van der Waals surface area contributed by atoms with Crippen LogP contribution in [0.3, 0.4) is 0 Å². The fourth-order valence-corrected chi connectivity index (χ4v) is 0. The van der Waals surface area contributed by atoms with Crippen molar-refractivity contribution in [3.63, 3.8) is 0 Å². The van der Waals surface area contributed by atoms with Gasteiger partial charge in [-0.3, -0.25) is 4.79 Å². The number of carboxylic acids is 1. The third-order valence-electron chi connectivity index (χ3n) is 0. The van der Waals surface area contributed by atoms with Crippen LogP contribution in [0, 0.1) is 6.15 Å². The average molecular weight is 64.1 g/mol. The van der Waals surface area contributed by atoms with Crippen LogP contribution in [-0.2, 0) is 4.79 Å². The van der Waals surface area contributed by atoms with Crippen LogP contribution in [0.25, 0.3) is 0 Å². The van der Waals surface area contributed by atoms with Crippen LogP contribution in [-0.4, -0.2) is 11.1 Å². The maximum absolute atomic E-state index is 9.00. The van der Waals surface area contributed by atoms with Gasteiger partial charge in [0.25, 0.3) is 5.97 Å². The number of rotatable bonds is 0. The van der Waals surface area contributed by atoms with E-state index in [9.17, 15) is 0 Å². The molecule has 0 heterocycles. The molecule has 2 nitrogen and oxygen atoms in total. The van der Waals surface area contributed by atoms with E-state index in [4.69, 9.17) is 9.90 Å². The fourth-order valence-electron chi connectivity index (χ4n) is 0. The number of carbonyl (C=O) groups is 1. The molecule has 0 fully saturated rings. The molecule has 1 N–H and O–H groups in total. The van der Waals surface area contributed by atoms with E-state index in [1.54, 1.807) is 0 Å². The molecule has 0 aromatic rings. The Labute approximate surface area is 30.2 Å². The molecule has 0 spiro atoms. The van der Waals surface area contributed by atoms with E-state index in [1.165, 1.54) is 0 Å². The maximum atomic E-state index is 9.00. The molecule has 0 saturated carbocycles. The van der Waals surface area contributed by atoms with Crippen LogP contribution >= 0.6 is 0 Å². The zero-order valence-corrected chi connectivity index (χ0v) is 3.06. The third kappa shape index (κ3) is 16.7. The molecule has 0 bridgehead atoms. The number of hydrogen-bond acceptors (Lipinski definition) is 1. The van der Waals surface area contributed by atoms with E-state index in [0.29, 0.717) is 0 Å². The zero-order valence-electron chi connectivity index (χ0n) is 3.06. The van der Waals surface area contributed by atoms with Crippen molar-refractivity contribution in [2.45, 2.75) is 6.92 Å². The molecular weight excluding hydrogens is 60.0 g/mol. The summed E-state index contributed by atoms with van der Waals surface area (Å²) in [5.74, 6) is -0.833. The second-order valence-electron chi connectivity index (χ2n) is 0.519. The first kappa shape index (κ1) is 8.83. The van der Waals surface area contributed by atoms with Gasteiger partial charge in [0.15, 0.2) is 0 Å². The van der Waals surface area contributed by atoms with Crippen molar-refractivity contribution >= 4 is 5.97 Å². The Bertz CT molecular complexity index is 30.6. The quantitative estimate of drug-likeness (QED) is 0.433. The van der Waals surface area contributed by atoms with Crippen LogP contribution in [0.2, 0.25) is 0 Å². The molecule has 0 aliphatic carbocycles. The summed E-state index contributed by atoms with van der Waals surface area (Å²) in [6.45, 7) is 1.08. The van der Waals surface area contributed by atoms with Crippen molar-refractivity contribution in [1.82, 2.24) is 0 Å². The largest absolute Gasteiger partial charge is 0.481 e. The van der Waals surface area contributed by atoms with E-state index >= 15 is 0 Å². The Kier molecular flexibility index (Phi) is 5.97. The van der Waals surface area contributed by atoms with Gasteiger partial charge in [0.2, 0.25) is 0 Å². The normalized spacial score (nSPS) is 5.00. The van der Waals surface area contributed by atoms with Crippen LogP contribution in [0.15, 0.2) is 0 Å². The maximum Gasteiger partial charge on any atom is 0.300 e. The Morgan fingerprint density at radius 3 is 1.80 bits per heavy atom. The summed E-state index contributed by atoms with van der Waals surface area (Å²) in [6.07, 6.45) is 0. The van der Waals surface area contributed by atoms with Crippen molar-refractivity contribution in [3.05, 3.63) is 0 Å². The molecule has 0 unspecified atom stereocenters. The minimum absolute atomic E-state index is 0. The molecule has 26 valence electrons. The number of hydrogen-bond donors (Lipinski definition) is 1. The van der Waals surface area contributed by atoms with Crippen molar-refractivity contribution in [2.24, 2.45) is 0 Å². The minimum atomic E-state index is -0.833. The summed E-state index contributed by atoms with van der Waals surface area (Å²) < 4.78 is 0. The van der Waals surface area contributed by atoms with Gasteiger partial charge in [0, 0.05) is 13.1 Å². The summed E-state index contributed by atoms with van der Waals surface area (Å²) in [5, 5.41) is 7.42. The Morgan fingerprint density at radius 1 is 1.80 bits per heavy atom. The summed E-state index contributed by atoms with van der Waals surface area (Å²) in [7, 11) is 0. The van der Waals surface area contributed by atoms with E-state index in [1.807, 2.05) is 0 Å². The van der Waals surface area contributed by atoms with Crippen molar-refractivity contribution in [3.8, 4) is 0 Å². The predicted molar refractivity (Wildman–Crippen MR) is 13.3 cm³/mol. The van der Waals surface area contributed by atoms with Crippen LogP contribution in [0.5, 0.6) is 0 Å². The SMILES string of the molecule is CC(=O)O.[He]. The second kappa shape index (κ2) is 3.38. The van der Waals surface area contributed by atoms with Crippen molar-refractivity contribution in [2.75, 3.05) is 0 Å². The molecular formula is C2H4HeO2. The predicted octanol–water partition coefficient (Wildman–Crippen LogP) is 0.0909. The molecule has 3 heteroatoms. The molecule has 0 aromatic carbocycles. The van der Waals surface area contributed by atoms with Gasteiger partial charge in [-0.2, -0.15) is 0 Å². The Hall–Kier alpha value is -0.621. The van der Waals surface area contributed by atoms with Gasteiger partial charge >= 0.3 is 0 Å². The topological polar surface area (TPSA) is 37.3 Å². The summed E-state index contributed by atoms with van der Waals surface area (Å²) in [4.78, 5) is 9.00. The average Bonchev–Trinajstić information content (AvgIpc) is 0.811. The number of aliphatic carboxylic acids is 1. The van der Waals surface area contributed by atoms with Gasteiger partial charge in [0.05, 0.1) is 0 Å². The molecule has 0 rings (SSSR count). The molecule has 0 aromatic heterocycles. The first-order valence-corrected chi connectivity index (χ1v) is 0.928. The molecule has 0 amide bonds. The molecule has 0 radical (unpaired) electrons. The van der Waals surface area contributed by atoms with E-state index in [-0.39, 0.29) is 6.15 Å². The molecule has 5 heavy (non-hydrogen) atoms. The molecule has 0 aliphatic heterocycles. The monoisotopic (exact) mass is 64.0 g/mol. The first-order valence-electron chi connectivity index (χ1n) is 0.928. The van der Waals surface area contributed by atoms with Crippen molar-refractivity contribution in [1.29, 1.82) is 0 Å². The first-order chi connectivity index (χ1) is 1.73. The fraction of sp³-hybridized carbons (Fsp3) is 0.500.